The van der Waals surface area contributed by atoms with Crippen LogP contribution in [0.25, 0.3) is 0 Å². The summed E-state index contributed by atoms with van der Waals surface area (Å²) in [5.41, 5.74) is 6.99. The molecule has 20 heavy (non-hydrogen) atoms. The number of rotatable bonds is 8. The lowest BCUT2D eigenvalue weighted by Gasteiger charge is -2.12. The van der Waals surface area contributed by atoms with E-state index in [1.807, 2.05) is 19.1 Å². The third kappa shape index (κ3) is 6.12. The summed E-state index contributed by atoms with van der Waals surface area (Å²) in [5, 5.41) is 2.81. The number of nitrogens with two attached hydrogens (primary N) is 1. The number of carbonyl (C=O) groups excluding carboxylic acids is 1. The van der Waals surface area contributed by atoms with Crippen molar-refractivity contribution >= 4 is 28.8 Å². The zero-order chi connectivity index (χ0) is 15.0. The van der Waals surface area contributed by atoms with E-state index in [1.165, 1.54) is 0 Å². The van der Waals surface area contributed by atoms with Crippen LogP contribution < -0.4 is 11.1 Å². The van der Waals surface area contributed by atoms with E-state index in [9.17, 15) is 4.79 Å². The Kier molecular flexibility index (Phi) is 7.18. The van der Waals surface area contributed by atoms with E-state index < -0.39 is 0 Å². The molecule has 4 nitrogen and oxygen atoms in total. The molecule has 0 radical (unpaired) electrons. The highest BCUT2D eigenvalue weighted by Crippen LogP contribution is 2.11. The van der Waals surface area contributed by atoms with Crippen molar-refractivity contribution < 1.29 is 9.53 Å². The molecule has 0 saturated carbocycles. The molecule has 5 heteroatoms. The number of ether oxygens (including phenoxy) is 1. The predicted octanol–water partition coefficient (Wildman–Crippen LogP) is 2.85. The van der Waals surface area contributed by atoms with Crippen molar-refractivity contribution in [2.45, 2.75) is 39.2 Å². The van der Waals surface area contributed by atoms with Gasteiger partial charge in [-0.15, -0.1) is 0 Å². The highest BCUT2D eigenvalue weighted by Gasteiger charge is 2.06. The van der Waals surface area contributed by atoms with Crippen LogP contribution in [0.4, 0.5) is 5.69 Å². The number of thiocarbonyl (C=S) groups is 1. The Balaban J connectivity index is 2.39. The van der Waals surface area contributed by atoms with Crippen molar-refractivity contribution in [3.63, 3.8) is 0 Å². The first-order valence-electron chi connectivity index (χ1n) is 6.84. The molecule has 3 N–H and O–H groups in total. The molecule has 1 amide bonds. The largest absolute Gasteiger partial charge is 0.389 e. The molecule has 0 heterocycles. The van der Waals surface area contributed by atoms with Crippen molar-refractivity contribution in [1.82, 2.24) is 0 Å². The first kappa shape index (κ1) is 16.6. The van der Waals surface area contributed by atoms with Gasteiger partial charge in [-0.1, -0.05) is 37.7 Å². The molecule has 110 valence electrons. The normalized spacial score (nSPS) is 11.9. The fourth-order valence-corrected chi connectivity index (χ4v) is 1.94. The van der Waals surface area contributed by atoms with Crippen molar-refractivity contribution in [1.29, 1.82) is 0 Å². The summed E-state index contributed by atoms with van der Waals surface area (Å²) in [5.74, 6) is -0.0752. The van der Waals surface area contributed by atoms with Gasteiger partial charge in [0, 0.05) is 11.3 Å². The maximum Gasteiger partial charge on any atom is 0.226 e. The van der Waals surface area contributed by atoms with E-state index in [0.717, 1.165) is 18.4 Å². The number of amides is 1. The fourth-order valence-electron chi connectivity index (χ4n) is 1.82. The molecule has 0 aliphatic rings. The molecule has 0 saturated heterocycles. The second kappa shape index (κ2) is 8.66. The maximum atomic E-state index is 11.8. The molecule has 0 fully saturated rings. The highest BCUT2D eigenvalue weighted by molar-refractivity contribution is 7.80. The molecule has 0 aliphatic carbocycles. The third-order valence-corrected chi connectivity index (χ3v) is 3.09. The number of benzene rings is 1. The molecular formula is C15H22N2O2S. The first-order chi connectivity index (χ1) is 9.52. The lowest BCUT2D eigenvalue weighted by Crippen LogP contribution is -2.17. The van der Waals surface area contributed by atoms with E-state index in [-0.39, 0.29) is 12.0 Å². The Morgan fingerprint density at radius 3 is 2.90 bits per heavy atom. The first-order valence-corrected chi connectivity index (χ1v) is 7.25. The Morgan fingerprint density at radius 2 is 2.25 bits per heavy atom. The summed E-state index contributed by atoms with van der Waals surface area (Å²) in [7, 11) is 0. The van der Waals surface area contributed by atoms with Crippen LogP contribution in [0.1, 0.15) is 38.7 Å². The quantitative estimate of drug-likeness (QED) is 0.724. The third-order valence-electron chi connectivity index (χ3n) is 2.86. The van der Waals surface area contributed by atoms with Crippen LogP contribution in [0, 0.1) is 0 Å². The standard InChI is InChI=1S/C15H22N2O2S/c1-3-5-11(2)19-9-8-14(18)17-13-7-4-6-12(10-13)15(16)20/h4,6-7,10-11H,3,5,8-9H2,1-2H3,(H2,16,20)(H,17,18). The second-order valence-corrected chi connectivity index (χ2v) is 5.15. The number of hydrogen-bond donors (Lipinski definition) is 2. The maximum absolute atomic E-state index is 11.8. The molecule has 0 aromatic heterocycles. The Hall–Kier alpha value is -1.46. The number of anilines is 1. The minimum atomic E-state index is -0.0752. The van der Waals surface area contributed by atoms with Crippen LogP contribution in [-0.2, 0) is 9.53 Å². The summed E-state index contributed by atoms with van der Waals surface area (Å²) in [4.78, 5) is 12.1. The lowest BCUT2D eigenvalue weighted by atomic mass is 10.2. The number of carbonyl (C=O) groups is 1. The minimum Gasteiger partial charge on any atom is -0.389 e. The van der Waals surface area contributed by atoms with E-state index in [1.54, 1.807) is 12.1 Å². The average molecular weight is 294 g/mol. The molecular weight excluding hydrogens is 272 g/mol. The molecule has 0 spiro atoms. The van der Waals surface area contributed by atoms with Gasteiger partial charge in [-0.2, -0.15) is 0 Å². The van der Waals surface area contributed by atoms with E-state index in [2.05, 4.69) is 12.2 Å². The lowest BCUT2D eigenvalue weighted by molar-refractivity contribution is -0.117. The molecule has 1 aromatic rings. The van der Waals surface area contributed by atoms with Crippen LogP contribution >= 0.6 is 12.2 Å². The van der Waals surface area contributed by atoms with Gasteiger partial charge in [0.25, 0.3) is 0 Å². The van der Waals surface area contributed by atoms with Crippen molar-refractivity contribution in [3.8, 4) is 0 Å². The van der Waals surface area contributed by atoms with Gasteiger partial charge in [0.1, 0.15) is 4.99 Å². The molecule has 0 bridgehead atoms. The second-order valence-electron chi connectivity index (χ2n) is 4.71. The molecule has 1 atom stereocenters. The van der Waals surface area contributed by atoms with Crippen LogP contribution in [0.3, 0.4) is 0 Å². The highest BCUT2D eigenvalue weighted by atomic mass is 32.1. The van der Waals surface area contributed by atoms with Crippen LogP contribution in [0.15, 0.2) is 24.3 Å². The molecule has 1 rings (SSSR count). The zero-order valence-electron chi connectivity index (χ0n) is 12.0. The van der Waals surface area contributed by atoms with Crippen molar-refractivity contribution in [2.24, 2.45) is 5.73 Å². The molecule has 1 unspecified atom stereocenters. The summed E-state index contributed by atoms with van der Waals surface area (Å²) >= 11 is 4.90. The number of hydrogen-bond acceptors (Lipinski definition) is 3. The van der Waals surface area contributed by atoms with Crippen molar-refractivity contribution in [2.75, 3.05) is 11.9 Å². The fraction of sp³-hybridized carbons (Fsp3) is 0.467. The van der Waals surface area contributed by atoms with Gasteiger partial charge in [-0.3, -0.25) is 4.79 Å². The minimum absolute atomic E-state index is 0.0752. The summed E-state index contributed by atoms with van der Waals surface area (Å²) in [6, 6.07) is 7.19. The van der Waals surface area contributed by atoms with Gasteiger partial charge in [0.2, 0.25) is 5.91 Å². The number of nitrogens with one attached hydrogen (secondary N) is 1. The van der Waals surface area contributed by atoms with Crippen LogP contribution in [-0.4, -0.2) is 23.6 Å². The Morgan fingerprint density at radius 1 is 1.50 bits per heavy atom. The van der Waals surface area contributed by atoms with E-state index >= 15 is 0 Å². The Bertz CT molecular complexity index is 463. The smallest absolute Gasteiger partial charge is 0.226 e. The Labute approximate surface area is 125 Å². The summed E-state index contributed by atoms with van der Waals surface area (Å²) in [6.45, 7) is 4.57. The van der Waals surface area contributed by atoms with Gasteiger partial charge in [-0.25, -0.2) is 0 Å². The van der Waals surface area contributed by atoms with Crippen LogP contribution in [0.5, 0.6) is 0 Å². The van der Waals surface area contributed by atoms with Gasteiger partial charge in [0.05, 0.1) is 19.1 Å². The van der Waals surface area contributed by atoms with Gasteiger partial charge in [0.15, 0.2) is 0 Å². The van der Waals surface area contributed by atoms with E-state index in [0.29, 0.717) is 23.7 Å². The zero-order valence-corrected chi connectivity index (χ0v) is 12.8. The van der Waals surface area contributed by atoms with Gasteiger partial charge < -0.3 is 15.8 Å². The molecule has 0 aliphatic heterocycles. The van der Waals surface area contributed by atoms with Crippen LogP contribution in [0.2, 0.25) is 0 Å². The van der Waals surface area contributed by atoms with E-state index in [4.69, 9.17) is 22.7 Å². The predicted molar refractivity (Wildman–Crippen MR) is 85.9 cm³/mol. The summed E-state index contributed by atoms with van der Waals surface area (Å²) in [6.07, 6.45) is 2.63. The average Bonchev–Trinajstić information content (AvgIpc) is 2.39. The summed E-state index contributed by atoms with van der Waals surface area (Å²) < 4.78 is 5.55. The van der Waals surface area contributed by atoms with Crippen molar-refractivity contribution in [3.05, 3.63) is 29.8 Å². The molecule has 1 aromatic carbocycles. The van der Waals surface area contributed by atoms with Gasteiger partial charge >= 0.3 is 0 Å². The topological polar surface area (TPSA) is 64.3 Å². The van der Waals surface area contributed by atoms with Gasteiger partial charge in [-0.05, 0) is 25.5 Å². The SMILES string of the molecule is CCCC(C)OCCC(=O)Nc1cccc(C(N)=S)c1. The monoisotopic (exact) mass is 294 g/mol.